The summed E-state index contributed by atoms with van der Waals surface area (Å²) in [5.74, 6) is -0.688. The minimum atomic E-state index is -3.55. The van der Waals surface area contributed by atoms with E-state index >= 15 is 0 Å². The van der Waals surface area contributed by atoms with E-state index in [4.69, 9.17) is 11.6 Å². The topological polar surface area (TPSA) is 69.7 Å². The lowest BCUT2D eigenvalue weighted by atomic mass is 10.3. The molecular formula is C16H17ClFN3O3S2. The number of piperazine rings is 1. The highest BCUT2D eigenvalue weighted by atomic mass is 35.5. The van der Waals surface area contributed by atoms with Crippen LogP contribution in [0.25, 0.3) is 0 Å². The Hall–Kier alpha value is -1.52. The molecule has 0 aliphatic carbocycles. The SMILES string of the molecule is O=C(CN1CCN(S(=O)(=O)c2ccc(Cl)s2)CC1)Nc1cccc(F)c1. The van der Waals surface area contributed by atoms with Crippen LogP contribution in [0, 0.1) is 5.82 Å². The number of amides is 1. The zero-order valence-electron chi connectivity index (χ0n) is 13.7. The number of halogens is 2. The number of anilines is 1. The van der Waals surface area contributed by atoms with Gasteiger partial charge in [0.05, 0.1) is 10.9 Å². The maximum Gasteiger partial charge on any atom is 0.252 e. The van der Waals surface area contributed by atoms with Crippen LogP contribution in [0.5, 0.6) is 0 Å². The number of nitrogens with one attached hydrogen (secondary N) is 1. The Morgan fingerprint density at radius 1 is 1.19 bits per heavy atom. The fourth-order valence-electron chi connectivity index (χ4n) is 2.66. The second-order valence-corrected chi connectivity index (χ2v) is 9.68. The number of carbonyl (C=O) groups excluding carboxylic acids is 1. The van der Waals surface area contributed by atoms with E-state index in [1.165, 1.54) is 28.6 Å². The zero-order chi connectivity index (χ0) is 18.7. The minimum absolute atomic E-state index is 0.120. The van der Waals surface area contributed by atoms with Crippen molar-refractivity contribution in [1.82, 2.24) is 9.21 Å². The molecule has 3 rings (SSSR count). The van der Waals surface area contributed by atoms with Gasteiger partial charge in [0.15, 0.2) is 0 Å². The number of carbonyl (C=O) groups is 1. The van der Waals surface area contributed by atoms with Gasteiger partial charge in [-0.3, -0.25) is 9.69 Å². The Morgan fingerprint density at radius 3 is 2.54 bits per heavy atom. The molecule has 1 aromatic carbocycles. The molecule has 1 fully saturated rings. The van der Waals surface area contributed by atoms with Crippen LogP contribution in [0.2, 0.25) is 4.34 Å². The first-order valence-corrected chi connectivity index (χ1v) is 10.5. The highest BCUT2D eigenvalue weighted by Crippen LogP contribution is 2.28. The Labute approximate surface area is 160 Å². The number of sulfonamides is 1. The quantitative estimate of drug-likeness (QED) is 0.811. The smallest absolute Gasteiger partial charge is 0.252 e. The third-order valence-electron chi connectivity index (χ3n) is 3.95. The van der Waals surface area contributed by atoms with E-state index in [0.717, 1.165) is 11.3 Å². The highest BCUT2D eigenvalue weighted by molar-refractivity contribution is 7.91. The molecule has 1 aliphatic rings. The number of hydrogen-bond acceptors (Lipinski definition) is 5. The molecule has 0 bridgehead atoms. The van der Waals surface area contributed by atoms with E-state index in [-0.39, 0.29) is 16.7 Å². The Bertz CT molecular complexity index is 896. The molecule has 0 unspecified atom stereocenters. The zero-order valence-corrected chi connectivity index (χ0v) is 16.1. The van der Waals surface area contributed by atoms with Gasteiger partial charge < -0.3 is 5.32 Å². The predicted molar refractivity (Wildman–Crippen MR) is 99.6 cm³/mol. The highest BCUT2D eigenvalue weighted by Gasteiger charge is 2.30. The van der Waals surface area contributed by atoms with E-state index < -0.39 is 15.8 Å². The molecule has 1 aromatic heterocycles. The molecule has 0 saturated carbocycles. The van der Waals surface area contributed by atoms with E-state index in [2.05, 4.69) is 5.32 Å². The van der Waals surface area contributed by atoms with Gasteiger partial charge in [0.1, 0.15) is 10.0 Å². The first-order chi connectivity index (χ1) is 12.3. The van der Waals surface area contributed by atoms with Crippen molar-refractivity contribution in [1.29, 1.82) is 0 Å². The number of rotatable bonds is 5. The van der Waals surface area contributed by atoms with Crippen molar-refractivity contribution in [2.24, 2.45) is 0 Å². The molecule has 2 aromatic rings. The van der Waals surface area contributed by atoms with Gasteiger partial charge in [-0.2, -0.15) is 4.31 Å². The first-order valence-electron chi connectivity index (χ1n) is 7.88. The lowest BCUT2D eigenvalue weighted by Gasteiger charge is -2.33. The predicted octanol–water partition coefficient (Wildman–Crippen LogP) is 2.49. The standard InChI is InChI=1S/C16H17ClFN3O3S2/c17-14-4-5-16(25-14)26(23,24)21-8-6-20(7-9-21)11-15(22)19-13-3-1-2-12(18)10-13/h1-5,10H,6-9,11H2,(H,19,22). The third-order valence-corrected chi connectivity index (χ3v) is 7.55. The maximum absolute atomic E-state index is 13.1. The monoisotopic (exact) mass is 417 g/mol. The van der Waals surface area contributed by atoms with Crippen LogP contribution < -0.4 is 5.32 Å². The summed E-state index contributed by atoms with van der Waals surface area (Å²) in [6, 6.07) is 8.74. The lowest BCUT2D eigenvalue weighted by molar-refractivity contribution is -0.117. The fraction of sp³-hybridized carbons (Fsp3) is 0.312. The van der Waals surface area contributed by atoms with Crippen molar-refractivity contribution < 1.29 is 17.6 Å². The Kier molecular flexibility index (Phi) is 5.93. The molecule has 0 spiro atoms. The molecule has 1 N–H and O–H groups in total. The molecule has 26 heavy (non-hydrogen) atoms. The van der Waals surface area contributed by atoms with Crippen molar-refractivity contribution >= 4 is 44.6 Å². The van der Waals surface area contributed by atoms with Crippen LogP contribution in [-0.2, 0) is 14.8 Å². The molecular weight excluding hydrogens is 401 g/mol. The van der Waals surface area contributed by atoms with Crippen LogP contribution in [0.15, 0.2) is 40.6 Å². The van der Waals surface area contributed by atoms with Gasteiger partial charge in [0.25, 0.3) is 10.0 Å². The van der Waals surface area contributed by atoms with E-state index in [9.17, 15) is 17.6 Å². The third kappa shape index (κ3) is 4.60. The van der Waals surface area contributed by atoms with Gasteiger partial charge in [-0.1, -0.05) is 17.7 Å². The van der Waals surface area contributed by atoms with Gasteiger partial charge in [-0.25, -0.2) is 12.8 Å². The van der Waals surface area contributed by atoms with E-state index in [0.29, 0.717) is 36.2 Å². The van der Waals surface area contributed by atoms with Gasteiger partial charge in [-0.05, 0) is 30.3 Å². The largest absolute Gasteiger partial charge is 0.325 e. The molecule has 0 radical (unpaired) electrons. The number of nitrogens with zero attached hydrogens (tertiary/aromatic N) is 2. The summed E-state index contributed by atoms with van der Waals surface area (Å²) in [4.78, 5) is 13.9. The van der Waals surface area contributed by atoms with Gasteiger partial charge in [-0.15, -0.1) is 11.3 Å². The molecule has 0 atom stereocenters. The molecule has 140 valence electrons. The van der Waals surface area contributed by atoms with E-state index in [1.807, 2.05) is 4.90 Å². The fourth-order valence-corrected chi connectivity index (χ4v) is 5.72. The molecule has 1 saturated heterocycles. The van der Waals surface area contributed by atoms with Crippen molar-refractivity contribution in [3.05, 3.63) is 46.6 Å². The summed E-state index contributed by atoms with van der Waals surface area (Å²) < 4.78 is 40.3. The van der Waals surface area contributed by atoms with Crippen LogP contribution in [0.4, 0.5) is 10.1 Å². The van der Waals surface area contributed by atoms with Gasteiger partial charge in [0.2, 0.25) is 5.91 Å². The van der Waals surface area contributed by atoms with Gasteiger partial charge >= 0.3 is 0 Å². The lowest BCUT2D eigenvalue weighted by Crippen LogP contribution is -2.50. The Balaban J connectivity index is 1.53. The summed E-state index contributed by atoms with van der Waals surface area (Å²) in [5.41, 5.74) is 0.394. The van der Waals surface area contributed by atoms with Crippen LogP contribution >= 0.6 is 22.9 Å². The number of thiophene rings is 1. The molecule has 10 heteroatoms. The van der Waals surface area contributed by atoms with Crippen molar-refractivity contribution in [2.45, 2.75) is 4.21 Å². The van der Waals surface area contributed by atoms with Crippen LogP contribution in [0.3, 0.4) is 0 Å². The number of benzene rings is 1. The molecule has 6 nitrogen and oxygen atoms in total. The van der Waals surface area contributed by atoms with Crippen LogP contribution in [-0.4, -0.2) is 56.3 Å². The summed E-state index contributed by atoms with van der Waals surface area (Å²) in [6.45, 7) is 1.59. The van der Waals surface area contributed by atoms with Crippen molar-refractivity contribution in [2.75, 3.05) is 38.0 Å². The summed E-state index contributed by atoms with van der Waals surface area (Å²) in [7, 11) is -3.55. The van der Waals surface area contributed by atoms with E-state index in [1.54, 1.807) is 12.1 Å². The molecule has 1 amide bonds. The summed E-state index contributed by atoms with van der Waals surface area (Å²) in [5, 5.41) is 2.63. The normalized spacial score (nSPS) is 16.5. The maximum atomic E-state index is 13.1. The molecule has 1 aliphatic heterocycles. The molecule has 2 heterocycles. The van der Waals surface area contributed by atoms with Crippen molar-refractivity contribution in [3.8, 4) is 0 Å². The summed E-state index contributed by atoms with van der Waals surface area (Å²) in [6.07, 6.45) is 0. The average Bonchev–Trinajstić information content (AvgIpc) is 3.02. The average molecular weight is 418 g/mol. The first kappa shape index (κ1) is 19.2. The number of hydrogen-bond donors (Lipinski definition) is 1. The Morgan fingerprint density at radius 2 is 1.92 bits per heavy atom. The van der Waals surface area contributed by atoms with Gasteiger partial charge in [0, 0.05) is 31.9 Å². The minimum Gasteiger partial charge on any atom is -0.325 e. The van der Waals surface area contributed by atoms with Crippen molar-refractivity contribution in [3.63, 3.8) is 0 Å². The second-order valence-electron chi connectivity index (χ2n) is 5.80. The second kappa shape index (κ2) is 8.01. The van der Waals surface area contributed by atoms with Crippen LogP contribution in [0.1, 0.15) is 0 Å². The summed E-state index contributed by atoms with van der Waals surface area (Å²) >= 11 is 6.85.